The first-order valence-corrected chi connectivity index (χ1v) is 13.1. The van der Waals surface area contributed by atoms with Gasteiger partial charge in [-0.15, -0.1) is 0 Å². The zero-order chi connectivity index (χ0) is 25.6. The van der Waals surface area contributed by atoms with Crippen LogP contribution in [0, 0.1) is 0 Å². The van der Waals surface area contributed by atoms with E-state index in [-0.39, 0.29) is 24.1 Å². The number of carbonyl (C=O) groups is 2. The number of benzene rings is 2. The average molecular weight is 506 g/mol. The number of esters is 1. The van der Waals surface area contributed by atoms with Crippen LogP contribution in [0.3, 0.4) is 0 Å². The third-order valence-electron chi connectivity index (χ3n) is 7.48. The minimum absolute atomic E-state index is 0.0469. The summed E-state index contributed by atoms with van der Waals surface area (Å²) >= 11 is 0. The topological polar surface area (TPSA) is 80.3 Å². The molecule has 3 heterocycles. The molecule has 196 valence electrons. The van der Waals surface area contributed by atoms with E-state index in [0.29, 0.717) is 25.1 Å². The van der Waals surface area contributed by atoms with Crippen molar-refractivity contribution in [1.82, 2.24) is 15.1 Å². The molecule has 37 heavy (non-hydrogen) atoms. The van der Waals surface area contributed by atoms with Crippen molar-refractivity contribution in [3.8, 4) is 5.75 Å². The Morgan fingerprint density at radius 1 is 1.05 bits per heavy atom. The highest BCUT2D eigenvalue weighted by Gasteiger charge is 2.46. The first-order valence-electron chi connectivity index (χ1n) is 13.1. The molecular weight excluding hydrogens is 470 g/mol. The molecule has 8 nitrogen and oxygen atoms in total. The van der Waals surface area contributed by atoms with E-state index in [0.717, 1.165) is 68.1 Å². The van der Waals surface area contributed by atoms with Crippen molar-refractivity contribution in [2.24, 2.45) is 0 Å². The molecule has 5 rings (SSSR count). The number of morpholine rings is 1. The third kappa shape index (κ3) is 5.81. The molecule has 3 aliphatic rings. The molecule has 2 saturated heterocycles. The standard InChI is InChI=1S/C29H35N3O5/c1-35-28(33)27-25(22-8-5-9-24(18-22)37-20-21-6-3-2-4-7-21)19-23-10-11-26(27)32(23)29(34)30-12-13-31-14-16-36-17-15-31/h2-9,18,23,26H,10-17,19-20H2,1H3,(H,30,34)/t23-,26+/m0/s1. The van der Waals surface area contributed by atoms with Crippen LogP contribution in [-0.2, 0) is 20.9 Å². The molecule has 1 N–H and O–H groups in total. The largest absolute Gasteiger partial charge is 0.489 e. The van der Waals surface area contributed by atoms with E-state index in [1.54, 1.807) is 0 Å². The average Bonchev–Trinajstić information content (AvgIpc) is 3.26. The van der Waals surface area contributed by atoms with Gasteiger partial charge in [0.25, 0.3) is 0 Å². The Hall–Kier alpha value is -3.36. The normalized spacial score (nSPS) is 21.6. The monoisotopic (exact) mass is 505 g/mol. The number of nitrogens with zero attached hydrogens (tertiary/aromatic N) is 2. The number of hydrogen-bond donors (Lipinski definition) is 1. The summed E-state index contributed by atoms with van der Waals surface area (Å²) < 4.78 is 16.7. The van der Waals surface area contributed by atoms with E-state index in [2.05, 4.69) is 10.2 Å². The lowest BCUT2D eigenvalue weighted by molar-refractivity contribution is -0.136. The van der Waals surface area contributed by atoms with E-state index in [4.69, 9.17) is 14.2 Å². The molecule has 2 bridgehead atoms. The minimum atomic E-state index is -0.373. The molecule has 8 heteroatoms. The van der Waals surface area contributed by atoms with E-state index < -0.39 is 0 Å². The Labute approximate surface area is 218 Å². The fourth-order valence-electron chi connectivity index (χ4n) is 5.61. The number of hydrogen-bond acceptors (Lipinski definition) is 6. The van der Waals surface area contributed by atoms with Crippen molar-refractivity contribution in [3.05, 3.63) is 71.3 Å². The highest BCUT2D eigenvalue weighted by molar-refractivity contribution is 6.01. The molecule has 0 unspecified atom stereocenters. The molecule has 0 spiro atoms. The Morgan fingerprint density at radius 2 is 1.86 bits per heavy atom. The predicted molar refractivity (Wildman–Crippen MR) is 140 cm³/mol. The van der Waals surface area contributed by atoms with Crippen molar-refractivity contribution in [2.75, 3.05) is 46.5 Å². The van der Waals surface area contributed by atoms with Crippen LogP contribution in [0.5, 0.6) is 5.75 Å². The zero-order valence-corrected chi connectivity index (χ0v) is 21.4. The van der Waals surface area contributed by atoms with Crippen LogP contribution >= 0.6 is 0 Å². The van der Waals surface area contributed by atoms with Gasteiger partial charge in [0.15, 0.2) is 0 Å². The smallest absolute Gasteiger partial charge is 0.336 e. The van der Waals surface area contributed by atoms with Gasteiger partial charge in [0, 0.05) is 32.2 Å². The molecule has 2 atom stereocenters. The first kappa shape index (κ1) is 25.3. The number of nitrogens with one attached hydrogen (secondary N) is 1. The van der Waals surface area contributed by atoms with Gasteiger partial charge >= 0.3 is 12.0 Å². The molecule has 0 aliphatic carbocycles. The van der Waals surface area contributed by atoms with Crippen molar-refractivity contribution in [1.29, 1.82) is 0 Å². The van der Waals surface area contributed by atoms with Crippen LogP contribution in [0.25, 0.3) is 5.57 Å². The molecule has 2 aromatic rings. The van der Waals surface area contributed by atoms with Crippen LogP contribution in [0.15, 0.2) is 60.2 Å². The summed E-state index contributed by atoms with van der Waals surface area (Å²) in [5, 5.41) is 3.08. The van der Waals surface area contributed by atoms with E-state index >= 15 is 0 Å². The molecule has 2 fully saturated rings. The van der Waals surface area contributed by atoms with Gasteiger partial charge < -0.3 is 24.4 Å². The Morgan fingerprint density at radius 3 is 2.65 bits per heavy atom. The molecule has 0 aromatic heterocycles. The fourth-order valence-corrected chi connectivity index (χ4v) is 5.61. The van der Waals surface area contributed by atoms with E-state index in [1.807, 2.05) is 59.5 Å². The number of methoxy groups -OCH3 is 1. The van der Waals surface area contributed by atoms with Gasteiger partial charge in [0.2, 0.25) is 0 Å². The predicted octanol–water partition coefficient (Wildman–Crippen LogP) is 3.47. The number of amides is 2. The van der Waals surface area contributed by atoms with Gasteiger partial charge in [-0.3, -0.25) is 4.90 Å². The van der Waals surface area contributed by atoms with Crippen molar-refractivity contribution < 1.29 is 23.8 Å². The molecule has 2 aromatic carbocycles. The van der Waals surface area contributed by atoms with E-state index in [1.165, 1.54) is 7.11 Å². The molecule has 0 radical (unpaired) electrons. The highest BCUT2D eigenvalue weighted by atomic mass is 16.5. The summed E-state index contributed by atoms with van der Waals surface area (Å²) in [7, 11) is 1.40. The van der Waals surface area contributed by atoms with Crippen LogP contribution in [0.2, 0.25) is 0 Å². The maximum Gasteiger partial charge on any atom is 0.336 e. The Bertz CT molecular complexity index is 1130. The number of urea groups is 1. The summed E-state index contributed by atoms with van der Waals surface area (Å²) in [6.45, 7) is 5.07. The third-order valence-corrected chi connectivity index (χ3v) is 7.48. The van der Waals surface area contributed by atoms with Gasteiger partial charge in [0.05, 0.1) is 31.9 Å². The van der Waals surface area contributed by atoms with Crippen LogP contribution < -0.4 is 10.1 Å². The molecule has 3 aliphatic heterocycles. The lowest BCUT2D eigenvalue weighted by atomic mass is 9.88. The van der Waals surface area contributed by atoms with Gasteiger partial charge in [-0.1, -0.05) is 42.5 Å². The van der Waals surface area contributed by atoms with Crippen LogP contribution in [0.4, 0.5) is 4.79 Å². The van der Waals surface area contributed by atoms with Gasteiger partial charge in [-0.25, -0.2) is 9.59 Å². The van der Waals surface area contributed by atoms with Crippen molar-refractivity contribution in [2.45, 2.75) is 38.0 Å². The quantitative estimate of drug-likeness (QED) is 0.554. The molecular formula is C29H35N3O5. The Kier molecular flexibility index (Phi) is 8.06. The van der Waals surface area contributed by atoms with Gasteiger partial charge in [-0.2, -0.15) is 0 Å². The summed E-state index contributed by atoms with van der Waals surface area (Å²) in [4.78, 5) is 30.4. The van der Waals surface area contributed by atoms with Crippen LogP contribution in [0.1, 0.15) is 30.4 Å². The summed E-state index contributed by atoms with van der Waals surface area (Å²) in [5.41, 5.74) is 3.56. The second-order valence-electron chi connectivity index (χ2n) is 9.73. The second kappa shape index (κ2) is 11.8. The van der Waals surface area contributed by atoms with E-state index in [9.17, 15) is 9.59 Å². The van der Waals surface area contributed by atoms with Gasteiger partial charge in [-0.05, 0) is 48.1 Å². The highest BCUT2D eigenvalue weighted by Crippen LogP contribution is 2.44. The fraction of sp³-hybridized carbons (Fsp3) is 0.448. The lowest BCUT2D eigenvalue weighted by Gasteiger charge is -2.37. The summed E-state index contributed by atoms with van der Waals surface area (Å²) in [6, 6.07) is 17.5. The van der Waals surface area contributed by atoms with Gasteiger partial charge in [0.1, 0.15) is 12.4 Å². The maximum absolute atomic E-state index is 13.3. The first-order chi connectivity index (χ1) is 18.1. The SMILES string of the molecule is COC(=O)C1=C(c2cccc(OCc3ccccc3)c2)C[C@@H]2CC[C@H]1N2C(=O)NCCN1CCOCC1. The molecule has 0 saturated carbocycles. The summed E-state index contributed by atoms with van der Waals surface area (Å²) in [5.74, 6) is 0.371. The molecule has 2 amide bonds. The minimum Gasteiger partial charge on any atom is -0.489 e. The summed E-state index contributed by atoms with van der Waals surface area (Å²) in [6.07, 6.45) is 2.22. The van der Waals surface area contributed by atoms with Crippen molar-refractivity contribution in [3.63, 3.8) is 0 Å². The maximum atomic E-state index is 13.3. The number of carbonyl (C=O) groups excluding carboxylic acids is 2. The Balaban J connectivity index is 1.32. The number of rotatable bonds is 8. The van der Waals surface area contributed by atoms with Crippen molar-refractivity contribution >= 4 is 17.6 Å². The number of ether oxygens (including phenoxy) is 3. The lowest BCUT2D eigenvalue weighted by Crippen LogP contribution is -2.52. The second-order valence-corrected chi connectivity index (χ2v) is 9.73. The number of fused-ring (bicyclic) bond motifs is 2. The zero-order valence-electron chi connectivity index (χ0n) is 21.4. The van der Waals surface area contributed by atoms with Crippen LogP contribution in [-0.4, -0.2) is 80.4 Å².